The van der Waals surface area contributed by atoms with Crippen LogP contribution in [0, 0.1) is 10.1 Å². The van der Waals surface area contributed by atoms with Crippen molar-refractivity contribution in [1.82, 2.24) is 4.98 Å². The molecule has 0 saturated heterocycles. The second-order valence-electron chi connectivity index (χ2n) is 3.98. The van der Waals surface area contributed by atoms with E-state index in [-0.39, 0.29) is 17.2 Å². The molecular formula is C12H7BrF3N3O2. The number of nitrogens with zero attached hydrogens (tertiary/aromatic N) is 2. The topological polar surface area (TPSA) is 68.1 Å². The van der Waals surface area contributed by atoms with E-state index < -0.39 is 16.7 Å². The third-order valence-electron chi connectivity index (χ3n) is 2.51. The summed E-state index contributed by atoms with van der Waals surface area (Å²) < 4.78 is 37.7. The Bertz CT molecular complexity index is 674. The van der Waals surface area contributed by atoms with Gasteiger partial charge in [0.15, 0.2) is 0 Å². The molecule has 0 aliphatic rings. The molecule has 0 radical (unpaired) electrons. The van der Waals surface area contributed by atoms with Crippen molar-refractivity contribution in [3.8, 4) is 0 Å². The molecule has 1 heterocycles. The molecule has 0 aliphatic heterocycles. The molecule has 0 saturated carbocycles. The van der Waals surface area contributed by atoms with Gasteiger partial charge in [-0.25, -0.2) is 4.98 Å². The Labute approximate surface area is 125 Å². The smallest absolute Gasteiger partial charge is 0.334 e. The molecule has 0 unspecified atom stereocenters. The van der Waals surface area contributed by atoms with E-state index in [9.17, 15) is 23.3 Å². The Hall–Kier alpha value is -2.16. The first-order chi connectivity index (χ1) is 9.77. The third-order valence-corrected chi connectivity index (χ3v) is 2.94. The van der Waals surface area contributed by atoms with Gasteiger partial charge in [0.1, 0.15) is 0 Å². The van der Waals surface area contributed by atoms with Gasteiger partial charge in [-0.05, 0) is 40.2 Å². The second-order valence-corrected chi connectivity index (χ2v) is 4.89. The van der Waals surface area contributed by atoms with Crippen LogP contribution >= 0.6 is 15.9 Å². The third kappa shape index (κ3) is 3.69. The van der Waals surface area contributed by atoms with Gasteiger partial charge in [0, 0.05) is 22.4 Å². The normalized spacial score (nSPS) is 11.2. The SMILES string of the molecule is O=[N+]([O-])c1cc(Br)cnc1Nc1ccc(C(F)(F)F)cc1. The van der Waals surface area contributed by atoms with Gasteiger partial charge in [-0.1, -0.05) is 0 Å². The van der Waals surface area contributed by atoms with E-state index in [4.69, 9.17) is 0 Å². The van der Waals surface area contributed by atoms with Crippen molar-refractivity contribution >= 4 is 33.1 Å². The zero-order chi connectivity index (χ0) is 15.6. The molecule has 1 aromatic carbocycles. The van der Waals surface area contributed by atoms with E-state index in [2.05, 4.69) is 26.2 Å². The molecule has 0 aliphatic carbocycles. The number of aromatic nitrogens is 1. The number of benzene rings is 1. The van der Waals surface area contributed by atoms with Crippen LogP contribution in [0.3, 0.4) is 0 Å². The summed E-state index contributed by atoms with van der Waals surface area (Å²) in [6.07, 6.45) is -3.08. The van der Waals surface area contributed by atoms with Crippen LogP contribution in [0.2, 0.25) is 0 Å². The van der Waals surface area contributed by atoms with E-state index >= 15 is 0 Å². The average molecular weight is 362 g/mol. The molecular weight excluding hydrogens is 355 g/mol. The standard InChI is InChI=1S/C12H7BrF3N3O2/c13-8-5-10(19(20)21)11(17-6-8)18-9-3-1-7(2-4-9)12(14,15)16/h1-6H,(H,17,18). The maximum absolute atomic E-state index is 12.4. The number of anilines is 2. The molecule has 2 rings (SSSR count). The lowest BCUT2D eigenvalue weighted by Crippen LogP contribution is -2.05. The monoisotopic (exact) mass is 361 g/mol. The van der Waals surface area contributed by atoms with Crippen molar-refractivity contribution in [2.75, 3.05) is 5.32 Å². The van der Waals surface area contributed by atoms with Gasteiger partial charge in [0.05, 0.1) is 10.5 Å². The number of alkyl halides is 3. The highest BCUT2D eigenvalue weighted by molar-refractivity contribution is 9.10. The number of nitro groups is 1. The van der Waals surface area contributed by atoms with Crippen LogP contribution in [-0.4, -0.2) is 9.91 Å². The first-order valence-corrected chi connectivity index (χ1v) is 6.31. The van der Waals surface area contributed by atoms with Crippen molar-refractivity contribution in [2.24, 2.45) is 0 Å². The van der Waals surface area contributed by atoms with E-state index in [1.807, 2.05) is 0 Å². The molecule has 1 aromatic heterocycles. The maximum Gasteiger partial charge on any atom is 0.416 e. The van der Waals surface area contributed by atoms with Crippen LogP contribution in [0.25, 0.3) is 0 Å². The maximum atomic E-state index is 12.4. The van der Waals surface area contributed by atoms with Crippen molar-refractivity contribution in [1.29, 1.82) is 0 Å². The largest absolute Gasteiger partial charge is 0.416 e. The predicted octanol–water partition coefficient (Wildman–Crippen LogP) is 4.51. The number of hydrogen-bond acceptors (Lipinski definition) is 4. The van der Waals surface area contributed by atoms with Gasteiger partial charge in [-0.15, -0.1) is 0 Å². The first-order valence-electron chi connectivity index (χ1n) is 5.51. The fourth-order valence-electron chi connectivity index (χ4n) is 1.54. The summed E-state index contributed by atoms with van der Waals surface area (Å²) in [4.78, 5) is 14.1. The fourth-order valence-corrected chi connectivity index (χ4v) is 1.86. The molecule has 0 amide bonds. The highest BCUT2D eigenvalue weighted by Crippen LogP contribution is 2.32. The predicted molar refractivity (Wildman–Crippen MR) is 73.3 cm³/mol. The Morgan fingerprint density at radius 2 is 1.86 bits per heavy atom. The Kier molecular flexibility index (Phi) is 4.12. The van der Waals surface area contributed by atoms with Gasteiger partial charge >= 0.3 is 11.9 Å². The van der Waals surface area contributed by atoms with E-state index in [1.54, 1.807) is 0 Å². The van der Waals surface area contributed by atoms with E-state index in [0.717, 1.165) is 12.1 Å². The Balaban J connectivity index is 2.28. The zero-order valence-corrected chi connectivity index (χ0v) is 11.8. The molecule has 21 heavy (non-hydrogen) atoms. The van der Waals surface area contributed by atoms with Crippen LogP contribution in [-0.2, 0) is 6.18 Å². The lowest BCUT2D eigenvalue weighted by molar-refractivity contribution is -0.384. The van der Waals surface area contributed by atoms with Crippen LogP contribution in [0.15, 0.2) is 41.0 Å². The van der Waals surface area contributed by atoms with Crippen LogP contribution in [0.4, 0.5) is 30.4 Å². The molecule has 9 heteroatoms. The summed E-state index contributed by atoms with van der Waals surface area (Å²) in [5, 5.41) is 13.5. The molecule has 2 aromatic rings. The lowest BCUT2D eigenvalue weighted by Gasteiger charge is -2.09. The summed E-state index contributed by atoms with van der Waals surface area (Å²) in [7, 11) is 0. The number of pyridine rings is 1. The zero-order valence-electron chi connectivity index (χ0n) is 10.2. The van der Waals surface area contributed by atoms with Crippen LogP contribution < -0.4 is 5.32 Å². The number of rotatable bonds is 3. The summed E-state index contributed by atoms with van der Waals surface area (Å²) in [5.41, 5.74) is -0.823. The Morgan fingerprint density at radius 3 is 2.38 bits per heavy atom. The summed E-state index contributed by atoms with van der Waals surface area (Å²) in [6, 6.07) is 5.37. The van der Waals surface area contributed by atoms with Crippen molar-refractivity contribution in [3.63, 3.8) is 0 Å². The molecule has 0 spiro atoms. The van der Waals surface area contributed by atoms with Crippen LogP contribution in [0.5, 0.6) is 0 Å². The lowest BCUT2D eigenvalue weighted by atomic mass is 10.2. The van der Waals surface area contributed by atoms with Gasteiger partial charge in [0.25, 0.3) is 0 Å². The Morgan fingerprint density at radius 1 is 1.24 bits per heavy atom. The van der Waals surface area contributed by atoms with Gasteiger partial charge < -0.3 is 5.32 Å². The minimum Gasteiger partial charge on any atom is -0.334 e. The summed E-state index contributed by atoms with van der Waals surface area (Å²) >= 11 is 3.06. The van der Waals surface area contributed by atoms with Crippen molar-refractivity contribution in [3.05, 3.63) is 56.7 Å². The van der Waals surface area contributed by atoms with Gasteiger partial charge in [-0.2, -0.15) is 13.2 Å². The van der Waals surface area contributed by atoms with Gasteiger partial charge in [-0.3, -0.25) is 10.1 Å². The minimum absolute atomic E-state index is 0.0528. The van der Waals surface area contributed by atoms with E-state index in [1.165, 1.54) is 24.4 Å². The van der Waals surface area contributed by atoms with Crippen molar-refractivity contribution < 1.29 is 18.1 Å². The fraction of sp³-hybridized carbons (Fsp3) is 0.0833. The molecule has 5 nitrogen and oxygen atoms in total. The molecule has 0 bridgehead atoms. The average Bonchev–Trinajstić information content (AvgIpc) is 2.40. The highest BCUT2D eigenvalue weighted by Gasteiger charge is 2.30. The molecule has 0 fully saturated rings. The quantitative estimate of drug-likeness (QED) is 0.644. The van der Waals surface area contributed by atoms with Gasteiger partial charge in [0.2, 0.25) is 5.82 Å². The second kappa shape index (κ2) is 5.68. The van der Waals surface area contributed by atoms with Crippen LogP contribution in [0.1, 0.15) is 5.56 Å². The highest BCUT2D eigenvalue weighted by atomic mass is 79.9. The summed E-state index contributed by atoms with van der Waals surface area (Å²) in [6.45, 7) is 0. The first kappa shape index (κ1) is 15.2. The van der Waals surface area contributed by atoms with Crippen molar-refractivity contribution in [2.45, 2.75) is 6.18 Å². The number of nitrogens with one attached hydrogen (secondary N) is 1. The van der Waals surface area contributed by atoms with E-state index in [0.29, 0.717) is 4.47 Å². The molecule has 1 N–H and O–H groups in total. The summed E-state index contributed by atoms with van der Waals surface area (Å²) in [5.74, 6) is -0.0528. The number of halogens is 4. The minimum atomic E-state index is -4.43. The molecule has 110 valence electrons. The number of hydrogen-bond donors (Lipinski definition) is 1. The molecule has 0 atom stereocenters.